The molecule has 0 saturated heterocycles. The molecule has 8 nitrogen and oxygen atoms in total. The van der Waals surface area contributed by atoms with Gasteiger partial charge in [0.25, 0.3) is 10.1 Å². The second-order valence-corrected chi connectivity index (χ2v) is 14.2. The fraction of sp³-hybridized carbons (Fsp3) is 0.962. The highest BCUT2D eigenvalue weighted by Crippen LogP contribution is 2.68. The van der Waals surface area contributed by atoms with Crippen molar-refractivity contribution in [2.45, 2.75) is 96.9 Å². The predicted octanol–water partition coefficient (Wildman–Crippen LogP) is 2.37. The van der Waals surface area contributed by atoms with E-state index in [0.29, 0.717) is 18.8 Å². The molecule has 4 fully saturated rings. The largest absolute Gasteiger partial charge is 0.393 e. The quantitative estimate of drug-likeness (QED) is 0.327. The minimum absolute atomic E-state index is 0.0509. The van der Waals surface area contributed by atoms with Crippen molar-refractivity contribution in [2.24, 2.45) is 46.3 Å². The lowest BCUT2D eigenvalue weighted by Gasteiger charge is -2.63. The first-order chi connectivity index (χ1) is 16.3. The van der Waals surface area contributed by atoms with Gasteiger partial charge in [-0.05, 0) is 97.7 Å². The Labute approximate surface area is 210 Å². The second kappa shape index (κ2) is 9.86. The van der Waals surface area contributed by atoms with Gasteiger partial charge in [-0.1, -0.05) is 20.8 Å². The maximum absolute atomic E-state index is 12.2. The van der Waals surface area contributed by atoms with Gasteiger partial charge in [0, 0.05) is 13.0 Å². The number of hydrogen-bond acceptors (Lipinski definition) is 6. The minimum atomic E-state index is -4.10. The molecule has 0 aliphatic heterocycles. The predicted molar refractivity (Wildman–Crippen MR) is 132 cm³/mol. The Kier molecular flexibility index (Phi) is 7.69. The minimum Gasteiger partial charge on any atom is -0.393 e. The van der Waals surface area contributed by atoms with Gasteiger partial charge in [0.1, 0.15) is 0 Å². The van der Waals surface area contributed by atoms with Crippen LogP contribution in [0.2, 0.25) is 0 Å². The number of rotatable bonds is 7. The smallest absolute Gasteiger partial charge is 0.266 e. The Morgan fingerprint density at radius 1 is 1.06 bits per heavy atom. The van der Waals surface area contributed by atoms with Gasteiger partial charge in [0.15, 0.2) is 0 Å². The van der Waals surface area contributed by atoms with Gasteiger partial charge in [0.2, 0.25) is 5.91 Å². The third-order valence-electron chi connectivity index (χ3n) is 11.0. The SMILES string of the molecule is C[C@H](CCC(=O)NCCS(=O)(=O)O)[C@H]1CCC2C3C(C[C@H](O)[C@@]21C)[C@@]1(C)CC[C@@H](O)C[C@@H]1C[C@H]3O. The van der Waals surface area contributed by atoms with Gasteiger partial charge in [0.05, 0.1) is 24.1 Å². The van der Waals surface area contributed by atoms with Crippen LogP contribution >= 0.6 is 0 Å². The molecule has 0 radical (unpaired) electrons. The van der Waals surface area contributed by atoms with E-state index in [4.69, 9.17) is 4.55 Å². The van der Waals surface area contributed by atoms with Crippen molar-refractivity contribution < 1.29 is 33.1 Å². The summed E-state index contributed by atoms with van der Waals surface area (Å²) < 4.78 is 30.5. The summed E-state index contributed by atoms with van der Waals surface area (Å²) in [5, 5.41) is 35.8. The van der Waals surface area contributed by atoms with Crippen LogP contribution in [0.5, 0.6) is 0 Å². The van der Waals surface area contributed by atoms with Crippen LogP contribution < -0.4 is 5.32 Å². The molecule has 35 heavy (non-hydrogen) atoms. The molecule has 4 aliphatic rings. The van der Waals surface area contributed by atoms with Gasteiger partial charge in [-0.3, -0.25) is 9.35 Å². The van der Waals surface area contributed by atoms with Crippen LogP contribution in [0.1, 0.15) is 78.6 Å². The van der Waals surface area contributed by atoms with Crippen LogP contribution in [-0.2, 0) is 14.9 Å². The number of amides is 1. The molecule has 4 rings (SSSR count). The van der Waals surface area contributed by atoms with Crippen molar-refractivity contribution in [3.63, 3.8) is 0 Å². The van der Waals surface area contributed by atoms with Crippen LogP contribution in [0, 0.1) is 46.3 Å². The summed E-state index contributed by atoms with van der Waals surface area (Å²) in [6.45, 7) is 6.56. The molecule has 0 aromatic rings. The first-order valence-electron chi connectivity index (χ1n) is 13.5. The van der Waals surface area contributed by atoms with E-state index in [1.165, 1.54) is 0 Å². The van der Waals surface area contributed by atoms with Crippen molar-refractivity contribution in [1.29, 1.82) is 0 Å². The first-order valence-corrected chi connectivity index (χ1v) is 15.1. The summed E-state index contributed by atoms with van der Waals surface area (Å²) in [6, 6.07) is 0. The molecule has 202 valence electrons. The van der Waals surface area contributed by atoms with Crippen LogP contribution in [0.3, 0.4) is 0 Å². The number of carbonyl (C=O) groups is 1. The van der Waals surface area contributed by atoms with Crippen LogP contribution in [0.25, 0.3) is 0 Å². The van der Waals surface area contributed by atoms with Gasteiger partial charge >= 0.3 is 0 Å². The van der Waals surface area contributed by atoms with E-state index in [9.17, 15) is 28.5 Å². The summed E-state index contributed by atoms with van der Waals surface area (Å²) in [4.78, 5) is 12.2. The number of fused-ring (bicyclic) bond motifs is 5. The number of carbonyl (C=O) groups excluding carboxylic acids is 1. The highest BCUT2D eigenvalue weighted by Gasteiger charge is 2.65. The molecule has 1 amide bonds. The number of aliphatic hydroxyl groups is 3. The second-order valence-electron chi connectivity index (χ2n) is 12.7. The Morgan fingerprint density at radius 2 is 1.77 bits per heavy atom. The van der Waals surface area contributed by atoms with E-state index in [2.05, 4.69) is 26.1 Å². The highest BCUT2D eigenvalue weighted by atomic mass is 32.2. The van der Waals surface area contributed by atoms with Crippen LogP contribution in [0.15, 0.2) is 0 Å². The molecule has 0 spiro atoms. The average Bonchev–Trinajstić information content (AvgIpc) is 3.12. The Bertz CT molecular complexity index is 896. The molecule has 9 heteroatoms. The lowest BCUT2D eigenvalue weighted by atomic mass is 9.43. The van der Waals surface area contributed by atoms with E-state index < -0.39 is 28.1 Å². The fourth-order valence-corrected chi connectivity index (χ4v) is 9.46. The van der Waals surface area contributed by atoms with Crippen molar-refractivity contribution in [3.05, 3.63) is 0 Å². The molecule has 0 aromatic heterocycles. The summed E-state index contributed by atoms with van der Waals surface area (Å²) in [5.41, 5.74) is -0.254. The zero-order valence-corrected chi connectivity index (χ0v) is 22.2. The fourth-order valence-electron chi connectivity index (χ4n) is 9.10. The average molecular weight is 516 g/mol. The zero-order chi connectivity index (χ0) is 25.8. The molecule has 3 unspecified atom stereocenters. The Hall–Kier alpha value is -0.740. The van der Waals surface area contributed by atoms with Crippen LogP contribution in [0.4, 0.5) is 0 Å². The maximum Gasteiger partial charge on any atom is 0.266 e. The molecule has 0 bridgehead atoms. The van der Waals surface area contributed by atoms with Gasteiger partial charge in [-0.2, -0.15) is 8.42 Å². The van der Waals surface area contributed by atoms with E-state index in [1.54, 1.807) is 0 Å². The Balaban J connectivity index is 1.43. The summed E-state index contributed by atoms with van der Waals surface area (Å²) in [6.07, 6.45) is 5.67. The number of aliphatic hydroxyl groups excluding tert-OH is 3. The van der Waals surface area contributed by atoms with E-state index in [0.717, 1.165) is 38.5 Å². The molecule has 0 aromatic carbocycles. The summed E-state index contributed by atoms with van der Waals surface area (Å²) in [5.74, 6) is 0.705. The van der Waals surface area contributed by atoms with E-state index in [1.807, 2.05) is 0 Å². The monoisotopic (exact) mass is 515 g/mol. The normalized spacial score (nSPS) is 46.3. The van der Waals surface area contributed by atoms with Crippen molar-refractivity contribution in [1.82, 2.24) is 5.32 Å². The van der Waals surface area contributed by atoms with Gasteiger partial charge in [-0.15, -0.1) is 0 Å². The van der Waals surface area contributed by atoms with Crippen molar-refractivity contribution >= 4 is 16.0 Å². The standard InChI is InChI=1S/C26H45NO7S/c1-15(4-7-23(31)27-10-11-35(32,33)34)18-5-6-19-24-20(14-22(30)26(18,19)3)25(2)9-8-17(28)12-16(25)13-21(24)29/h15-22,24,28-30H,4-14H2,1-3H3,(H,27,31)(H,32,33,34)/t15-,16-,17-,18-,19?,20?,21-,22+,24?,25+,26-/m1/s1. The summed E-state index contributed by atoms with van der Waals surface area (Å²) >= 11 is 0. The lowest BCUT2D eigenvalue weighted by Crippen LogP contribution is -2.62. The van der Waals surface area contributed by atoms with Crippen molar-refractivity contribution in [3.8, 4) is 0 Å². The summed E-state index contributed by atoms with van der Waals surface area (Å²) in [7, 11) is -4.10. The topological polar surface area (TPSA) is 144 Å². The molecule has 4 aliphatic carbocycles. The molecule has 4 saturated carbocycles. The van der Waals surface area contributed by atoms with E-state index >= 15 is 0 Å². The molecular weight excluding hydrogens is 470 g/mol. The maximum atomic E-state index is 12.2. The van der Waals surface area contributed by atoms with Crippen LogP contribution in [-0.4, -0.2) is 64.8 Å². The van der Waals surface area contributed by atoms with Gasteiger partial charge < -0.3 is 20.6 Å². The third-order valence-corrected chi connectivity index (χ3v) is 11.7. The van der Waals surface area contributed by atoms with E-state index in [-0.39, 0.29) is 65.4 Å². The third kappa shape index (κ3) is 5.05. The lowest BCUT2D eigenvalue weighted by molar-refractivity contribution is -0.207. The molecular formula is C26H45NO7S. The molecule has 0 heterocycles. The first kappa shape index (κ1) is 27.3. The number of hydrogen-bond donors (Lipinski definition) is 5. The molecule has 11 atom stereocenters. The Morgan fingerprint density at radius 3 is 2.46 bits per heavy atom. The number of nitrogens with one attached hydrogen (secondary N) is 1. The zero-order valence-electron chi connectivity index (χ0n) is 21.4. The highest BCUT2D eigenvalue weighted by molar-refractivity contribution is 7.85. The molecule has 5 N–H and O–H groups in total. The van der Waals surface area contributed by atoms with Gasteiger partial charge in [-0.25, -0.2) is 0 Å². The van der Waals surface area contributed by atoms with Crippen molar-refractivity contribution in [2.75, 3.05) is 12.3 Å².